The number of primary amides is 1. The summed E-state index contributed by atoms with van der Waals surface area (Å²) in [6.45, 7) is 1.70. The fourth-order valence-corrected chi connectivity index (χ4v) is 3.84. The van der Waals surface area contributed by atoms with Gasteiger partial charge in [-0.05, 0) is 26.2 Å². The number of nitrogens with two attached hydrogens (primary N) is 1. The van der Waals surface area contributed by atoms with Gasteiger partial charge in [0.15, 0.2) is 5.79 Å². The minimum Gasteiger partial charge on any atom is -0.351 e. The molecule has 3 aliphatic rings. The van der Waals surface area contributed by atoms with Gasteiger partial charge in [-0.25, -0.2) is 13.6 Å². The molecule has 1 aliphatic carbocycles. The van der Waals surface area contributed by atoms with Gasteiger partial charge in [-0.3, -0.25) is 4.79 Å². The molecule has 3 fully saturated rings. The van der Waals surface area contributed by atoms with Crippen LogP contribution in [0, 0.1) is 17.2 Å². The average Bonchev–Trinajstić information content (AvgIpc) is 3.39. The number of likely N-dealkylation sites (tertiary alicyclic amines) is 1. The van der Waals surface area contributed by atoms with Crippen LogP contribution >= 0.6 is 0 Å². The molecule has 1 saturated carbocycles. The van der Waals surface area contributed by atoms with E-state index >= 15 is 0 Å². The first kappa shape index (κ1) is 20.7. The molecule has 2 aliphatic heterocycles. The monoisotopic (exact) mass is 400 g/mol. The quantitative estimate of drug-likeness (QED) is 0.725. The van der Waals surface area contributed by atoms with Crippen LogP contribution in [0.3, 0.4) is 0 Å². The number of nitrogens with zero attached hydrogens (tertiary/aromatic N) is 2. The van der Waals surface area contributed by atoms with Crippen molar-refractivity contribution in [2.24, 2.45) is 11.7 Å². The highest BCUT2D eigenvalue weighted by atomic mass is 19.3. The summed E-state index contributed by atoms with van der Waals surface area (Å²) in [4.78, 5) is 25.5. The maximum atomic E-state index is 13.8. The number of nitriles is 1. The van der Waals surface area contributed by atoms with Gasteiger partial charge in [0.1, 0.15) is 5.54 Å². The summed E-state index contributed by atoms with van der Waals surface area (Å²) in [6.07, 6.45) is 0.618. The standard InChI is InChI=1S/C18H26F2N4O4/c1-16(19,20)10-12(14(25)23-17(11-21)3-4-17)13-2-9-27-18(28-13)5-7-24(8-6-18)15(22)26/h12-13H,2-10H2,1H3,(H2,22,26)(H,23,25)/t12-,13?/m0/s1. The number of hydrogen-bond acceptors (Lipinski definition) is 5. The van der Waals surface area contributed by atoms with E-state index in [-0.39, 0.29) is 6.61 Å². The van der Waals surface area contributed by atoms with Crippen LogP contribution in [0.15, 0.2) is 0 Å². The van der Waals surface area contributed by atoms with E-state index in [9.17, 15) is 23.6 Å². The van der Waals surface area contributed by atoms with Crippen molar-refractivity contribution in [3.05, 3.63) is 0 Å². The van der Waals surface area contributed by atoms with Gasteiger partial charge >= 0.3 is 6.03 Å². The summed E-state index contributed by atoms with van der Waals surface area (Å²) in [5, 5.41) is 11.8. The summed E-state index contributed by atoms with van der Waals surface area (Å²) in [5.41, 5.74) is 4.35. The lowest BCUT2D eigenvalue weighted by molar-refractivity contribution is -0.314. The molecular weight excluding hydrogens is 374 g/mol. The predicted octanol–water partition coefficient (Wildman–Crippen LogP) is 1.50. The fourth-order valence-electron chi connectivity index (χ4n) is 3.84. The Kier molecular flexibility index (Phi) is 5.51. The lowest BCUT2D eigenvalue weighted by atomic mass is 9.90. The minimum atomic E-state index is -3.06. The highest BCUT2D eigenvalue weighted by Crippen LogP contribution is 2.39. The number of urea groups is 1. The number of nitrogens with one attached hydrogen (secondary N) is 1. The second-order valence-electron chi connectivity index (χ2n) is 8.09. The van der Waals surface area contributed by atoms with Crippen LogP contribution < -0.4 is 11.1 Å². The molecule has 0 radical (unpaired) electrons. The Balaban J connectivity index is 1.71. The number of hydrogen-bond donors (Lipinski definition) is 2. The highest BCUT2D eigenvalue weighted by Gasteiger charge is 2.50. The van der Waals surface area contributed by atoms with Crippen LogP contribution in [0.5, 0.6) is 0 Å². The van der Waals surface area contributed by atoms with E-state index in [1.165, 1.54) is 4.90 Å². The molecule has 156 valence electrons. The Hall–Kier alpha value is -1.99. The van der Waals surface area contributed by atoms with Crippen molar-refractivity contribution < 1.29 is 27.8 Å². The van der Waals surface area contributed by atoms with Crippen LogP contribution in [-0.4, -0.2) is 59.9 Å². The molecule has 0 bridgehead atoms. The molecular formula is C18H26F2N4O4. The van der Waals surface area contributed by atoms with Crippen molar-refractivity contribution in [1.82, 2.24) is 10.2 Å². The van der Waals surface area contributed by atoms with Crippen molar-refractivity contribution in [1.29, 1.82) is 5.26 Å². The minimum absolute atomic E-state index is 0.268. The molecule has 0 aromatic carbocycles. The second-order valence-corrected chi connectivity index (χ2v) is 8.09. The zero-order valence-electron chi connectivity index (χ0n) is 15.9. The van der Waals surface area contributed by atoms with Crippen LogP contribution in [0.25, 0.3) is 0 Å². The molecule has 1 spiro atoms. The van der Waals surface area contributed by atoms with E-state index in [0.717, 1.165) is 6.92 Å². The van der Waals surface area contributed by atoms with Crippen molar-refractivity contribution in [3.8, 4) is 6.07 Å². The fraction of sp³-hybridized carbons (Fsp3) is 0.833. The van der Waals surface area contributed by atoms with Crippen molar-refractivity contribution in [2.75, 3.05) is 19.7 Å². The number of rotatable bonds is 5. The Morgan fingerprint density at radius 2 is 2.00 bits per heavy atom. The third kappa shape index (κ3) is 4.70. The van der Waals surface area contributed by atoms with Gasteiger partial charge in [-0.1, -0.05) is 0 Å². The molecule has 8 nitrogen and oxygen atoms in total. The lowest BCUT2D eigenvalue weighted by Crippen LogP contribution is -2.57. The van der Waals surface area contributed by atoms with Gasteiger partial charge in [0.05, 0.1) is 24.7 Å². The smallest absolute Gasteiger partial charge is 0.314 e. The predicted molar refractivity (Wildman–Crippen MR) is 93.0 cm³/mol. The van der Waals surface area contributed by atoms with E-state index in [1.54, 1.807) is 0 Å². The number of carbonyl (C=O) groups excluding carboxylic acids is 2. The first-order valence-corrected chi connectivity index (χ1v) is 9.54. The topological polar surface area (TPSA) is 118 Å². The first-order chi connectivity index (χ1) is 13.1. The van der Waals surface area contributed by atoms with Gasteiger partial charge in [0.25, 0.3) is 0 Å². The van der Waals surface area contributed by atoms with E-state index < -0.39 is 47.6 Å². The molecule has 3 amide bonds. The highest BCUT2D eigenvalue weighted by molar-refractivity contribution is 5.81. The van der Waals surface area contributed by atoms with Crippen LogP contribution in [0.4, 0.5) is 13.6 Å². The van der Waals surface area contributed by atoms with Gasteiger partial charge < -0.3 is 25.4 Å². The summed E-state index contributed by atoms with van der Waals surface area (Å²) in [5.74, 6) is -5.75. The van der Waals surface area contributed by atoms with Crippen molar-refractivity contribution in [3.63, 3.8) is 0 Å². The largest absolute Gasteiger partial charge is 0.351 e. The molecule has 2 heterocycles. The number of halogens is 2. The summed E-state index contributed by atoms with van der Waals surface area (Å²) < 4.78 is 39.5. The van der Waals surface area contributed by atoms with E-state index in [4.69, 9.17) is 15.2 Å². The summed E-state index contributed by atoms with van der Waals surface area (Å²) in [7, 11) is 0. The van der Waals surface area contributed by atoms with E-state index in [1.807, 2.05) is 6.07 Å². The number of ether oxygens (including phenoxy) is 2. The van der Waals surface area contributed by atoms with Crippen LogP contribution in [0.2, 0.25) is 0 Å². The molecule has 0 aromatic heterocycles. The number of carbonyl (C=O) groups is 2. The Labute approximate surface area is 162 Å². The third-order valence-corrected chi connectivity index (χ3v) is 5.66. The molecule has 2 atom stereocenters. The Bertz CT molecular complexity index is 663. The van der Waals surface area contributed by atoms with Crippen molar-refractivity contribution >= 4 is 11.9 Å². The number of piperidine rings is 1. The zero-order valence-corrected chi connectivity index (χ0v) is 15.9. The SMILES string of the molecule is CC(F)(F)C[C@H](C(=O)NC1(C#N)CC1)C1CCOC2(CCN(C(N)=O)CC2)O1. The van der Waals surface area contributed by atoms with Gasteiger partial charge in [0, 0.05) is 32.4 Å². The molecule has 0 aromatic rings. The van der Waals surface area contributed by atoms with Crippen molar-refractivity contribution in [2.45, 2.75) is 68.8 Å². The summed E-state index contributed by atoms with van der Waals surface area (Å²) >= 11 is 0. The van der Waals surface area contributed by atoms with Crippen LogP contribution in [0.1, 0.15) is 45.4 Å². The number of amides is 3. The third-order valence-electron chi connectivity index (χ3n) is 5.66. The zero-order chi connectivity index (χ0) is 20.6. The lowest BCUT2D eigenvalue weighted by Gasteiger charge is -2.47. The van der Waals surface area contributed by atoms with Gasteiger partial charge in [-0.15, -0.1) is 0 Å². The maximum absolute atomic E-state index is 13.8. The van der Waals surface area contributed by atoms with E-state index in [0.29, 0.717) is 45.2 Å². The Morgan fingerprint density at radius 1 is 1.36 bits per heavy atom. The average molecular weight is 400 g/mol. The normalized spacial score (nSPS) is 26.9. The van der Waals surface area contributed by atoms with Gasteiger partial charge in [-0.2, -0.15) is 5.26 Å². The maximum Gasteiger partial charge on any atom is 0.314 e. The second kappa shape index (κ2) is 7.44. The molecule has 2 saturated heterocycles. The molecule has 3 rings (SSSR count). The van der Waals surface area contributed by atoms with E-state index in [2.05, 4.69) is 5.32 Å². The molecule has 28 heavy (non-hydrogen) atoms. The Morgan fingerprint density at radius 3 is 2.50 bits per heavy atom. The first-order valence-electron chi connectivity index (χ1n) is 9.54. The summed E-state index contributed by atoms with van der Waals surface area (Å²) in [6, 6.07) is 1.51. The molecule has 10 heteroatoms. The molecule has 3 N–H and O–H groups in total. The molecule has 1 unspecified atom stereocenters. The van der Waals surface area contributed by atoms with Crippen LogP contribution in [-0.2, 0) is 14.3 Å². The van der Waals surface area contributed by atoms with Gasteiger partial charge in [0.2, 0.25) is 11.8 Å². The number of alkyl halides is 2.